The largest absolute Gasteiger partial charge is 0.489 e. The molecule has 3 aromatic rings. The van der Waals surface area contributed by atoms with E-state index in [1.807, 2.05) is 36.8 Å². The van der Waals surface area contributed by atoms with Crippen LogP contribution in [-0.4, -0.2) is 9.97 Å². The average Bonchev–Trinajstić information content (AvgIpc) is 2.69. The number of ether oxygens (including phenoxy) is 1. The number of hydrogen-bond acceptors (Lipinski definition) is 3. The van der Waals surface area contributed by atoms with Crippen molar-refractivity contribution in [2.45, 2.75) is 33.3 Å². The van der Waals surface area contributed by atoms with E-state index in [1.54, 1.807) is 6.20 Å². The summed E-state index contributed by atoms with van der Waals surface area (Å²) in [6, 6.07) is 16.5. The highest BCUT2D eigenvalue weighted by molar-refractivity contribution is 5.37. The van der Waals surface area contributed by atoms with Crippen LogP contribution in [0.5, 0.6) is 5.75 Å². The molecule has 0 unspecified atom stereocenters. The van der Waals surface area contributed by atoms with Gasteiger partial charge in [-0.3, -0.25) is 9.97 Å². The maximum absolute atomic E-state index is 5.86. The highest BCUT2D eigenvalue weighted by Crippen LogP contribution is 2.29. The zero-order valence-corrected chi connectivity index (χ0v) is 15.4. The minimum atomic E-state index is 0.508. The van der Waals surface area contributed by atoms with Gasteiger partial charge in [0.15, 0.2) is 0 Å². The molecular weight excluding hydrogens is 320 g/mol. The molecule has 3 nitrogen and oxygen atoms in total. The van der Waals surface area contributed by atoms with Crippen molar-refractivity contribution < 1.29 is 4.74 Å². The second kappa shape index (κ2) is 9.14. The molecule has 1 aromatic carbocycles. The molecule has 0 fully saturated rings. The zero-order chi connectivity index (χ0) is 18.2. The van der Waals surface area contributed by atoms with Gasteiger partial charge in [-0.15, -0.1) is 0 Å². The molecule has 3 rings (SSSR count). The summed E-state index contributed by atoms with van der Waals surface area (Å²) in [6.07, 6.45) is 9.43. The van der Waals surface area contributed by atoms with E-state index in [-0.39, 0.29) is 0 Å². The van der Waals surface area contributed by atoms with Crippen molar-refractivity contribution in [1.82, 2.24) is 9.97 Å². The molecule has 0 aliphatic rings. The Morgan fingerprint density at radius 3 is 2.12 bits per heavy atom. The standard InChI is InChI=1S/C23H25N2O/c1-18(2)23(12-7-19-5-3-13-24-15-19)21-8-10-22(11-9-21)26-17-20-6-4-14-25-16-20/h3-6,8-11,13-16,18H,7,12,17H2,1-2H3. The topological polar surface area (TPSA) is 35.0 Å². The van der Waals surface area contributed by atoms with E-state index in [9.17, 15) is 0 Å². The quantitative estimate of drug-likeness (QED) is 0.558. The van der Waals surface area contributed by atoms with Crippen LogP contribution in [0.25, 0.3) is 0 Å². The Morgan fingerprint density at radius 2 is 1.54 bits per heavy atom. The normalized spacial score (nSPS) is 11.1. The van der Waals surface area contributed by atoms with Crippen LogP contribution in [0.4, 0.5) is 0 Å². The van der Waals surface area contributed by atoms with Crippen LogP contribution in [-0.2, 0) is 13.0 Å². The molecule has 0 aliphatic carbocycles. The van der Waals surface area contributed by atoms with Gasteiger partial charge in [-0.05, 0) is 54.2 Å². The Labute approximate surface area is 156 Å². The number of hydrogen-bond donors (Lipinski definition) is 0. The van der Waals surface area contributed by atoms with E-state index in [1.165, 1.54) is 17.0 Å². The van der Waals surface area contributed by atoms with Crippen molar-refractivity contribution >= 4 is 0 Å². The van der Waals surface area contributed by atoms with E-state index in [2.05, 4.69) is 54.1 Å². The maximum atomic E-state index is 5.86. The zero-order valence-electron chi connectivity index (χ0n) is 15.4. The van der Waals surface area contributed by atoms with Crippen molar-refractivity contribution in [3.05, 3.63) is 95.9 Å². The Morgan fingerprint density at radius 1 is 0.885 bits per heavy atom. The number of benzene rings is 1. The van der Waals surface area contributed by atoms with E-state index in [0.717, 1.165) is 24.2 Å². The molecule has 0 N–H and O–H groups in total. The third-order valence-corrected chi connectivity index (χ3v) is 4.46. The minimum Gasteiger partial charge on any atom is -0.489 e. The van der Waals surface area contributed by atoms with Gasteiger partial charge in [-0.2, -0.15) is 0 Å². The molecule has 0 amide bonds. The second-order valence-electron chi connectivity index (χ2n) is 6.72. The lowest BCUT2D eigenvalue weighted by atomic mass is 9.84. The van der Waals surface area contributed by atoms with Crippen LogP contribution in [0.3, 0.4) is 0 Å². The summed E-state index contributed by atoms with van der Waals surface area (Å²) in [6.45, 7) is 5.05. The SMILES string of the molecule is CC(C)[C](CCc1cccnc1)c1ccc(OCc2cccnc2)cc1. The molecule has 0 spiro atoms. The number of pyridine rings is 2. The first-order valence-electron chi connectivity index (χ1n) is 9.09. The molecular formula is C23H25N2O. The van der Waals surface area contributed by atoms with Crippen LogP contribution < -0.4 is 4.74 Å². The van der Waals surface area contributed by atoms with Gasteiger partial charge in [0.25, 0.3) is 0 Å². The first kappa shape index (κ1) is 18.1. The van der Waals surface area contributed by atoms with Crippen LogP contribution in [0.2, 0.25) is 0 Å². The van der Waals surface area contributed by atoms with Gasteiger partial charge >= 0.3 is 0 Å². The van der Waals surface area contributed by atoms with E-state index in [4.69, 9.17) is 4.74 Å². The number of aryl methyl sites for hydroxylation is 1. The Kier molecular flexibility index (Phi) is 6.37. The third-order valence-electron chi connectivity index (χ3n) is 4.46. The van der Waals surface area contributed by atoms with Crippen LogP contribution in [0.1, 0.15) is 37.0 Å². The lowest BCUT2D eigenvalue weighted by molar-refractivity contribution is 0.305. The molecule has 26 heavy (non-hydrogen) atoms. The Bertz CT molecular complexity index is 770. The average molecular weight is 345 g/mol. The molecule has 133 valence electrons. The summed E-state index contributed by atoms with van der Waals surface area (Å²) in [4.78, 5) is 8.32. The van der Waals surface area contributed by atoms with Crippen molar-refractivity contribution in [3.8, 4) is 5.75 Å². The van der Waals surface area contributed by atoms with E-state index < -0.39 is 0 Å². The van der Waals surface area contributed by atoms with Gasteiger partial charge in [0.05, 0.1) is 0 Å². The second-order valence-corrected chi connectivity index (χ2v) is 6.72. The van der Waals surface area contributed by atoms with Gasteiger partial charge in [0.1, 0.15) is 12.4 Å². The monoisotopic (exact) mass is 345 g/mol. The summed E-state index contributed by atoms with van der Waals surface area (Å²) >= 11 is 0. The molecule has 0 atom stereocenters. The lowest BCUT2D eigenvalue weighted by Crippen LogP contribution is -2.09. The summed E-state index contributed by atoms with van der Waals surface area (Å²) in [5, 5.41) is 0. The number of rotatable bonds is 8. The highest BCUT2D eigenvalue weighted by Gasteiger charge is 2.16. The molecule has 0 bridgehead atoms. The van der Waals surface area contributed by atoms with Gasteiger partial charge < -0.3 is 4.74 Å². The molecule has 3 heteroatoms. The fourth-order valence-corrected chi connectivity index (χ4v) is 3.01. The summed E-state index contributed by atoms with van der Waals surface area (Å²) in [7, 11) is 0. The maximum Gasteiger partial charge on any atom is 0.119 e. The van der Waals surface area contributed by atoms with Crippen LogP contribution in [0.15, 0.2) is 73.3 Å². The number of nitrogens with zero attached hydrogens (tertiary/aromatic N) is 2. The fraction of sp³-hybridized carbons (Fsp3) is 0.261. The van der Waals surface area contributed by atoms with Crippen LogP contribution in [0, 0.1) is 11.8 Å². The molecule has 2 aromatic heterocycles. The molecule has 1 radical (unpaired) electrons. The summed E-state index contributed by atoms with van der Waals surface area (Å²) < 4.78 is 5.86. The predicted molar refractivity (Wildman–Crippen MR) is 105 cm³/mol. The van der Waals surface area contributed by atoms with Crippen molar-refractivity contribution in [3.63, 3.8) is 0 Å². The molecule has 0 saturated heterocycles. The Hall–Kier alpha value is -2.68. The number of aromatic nitrogens is 2. The highest BCUT2D eigenvalue weighted by atomic mass is 16.5. The van der Waals surface area contributed by atoms with E-state index >= 15 is 0 Å². The van der Waals surface area contributed by atoms with E-state index in [0.29, 0.717) is 12.5 Å². The lowest BCUT2D eigenvalue weighted by Gasteiger charge is -2.21. The fourth-order valence-electron chi connectivity index (χ4n) is 3.01. The van der Waals surface area contributed by atoms with Gasteiger partial charge in [0.2, 0.25) is 0 Å². The minimum absolute atomic E-state index is 0.508. The van der Waals surface area contributed by atoms with Crippen molar-refractivity contribution in [2.24, 2.45) is 5.92 Å². The Balaban J connectivity index is 1.60. The smallest absolute Gasteiger partial charge is 0.119 e. The van der Waals surface area contributed by atoms with Gasteiger partial charge in [0, 0.05) is 36.3 Å². The predicted octanol–water partition coefficient (Wildman–Crippen LogP) is 5.27. The van der Waals surface area contributed by atoms with Crippen molar-refractivity contribution in [2.75, 3.05) is 0 Å². The molecule has 0 saturated carbocycles. The van der Waals surface area contributed by atoms with Gasteiger partial charge in [-0.1, -0.05) is 38.1 Å². The molecule has 0 aliphatic heterocycles. The third kappa shape index (κ3) is 5.16. The first-order chi connectivity index (χ1) is 12.7. The van der Waals surface area contributed by atoms with Crippen LogP contribution >= 0.6 is 0 Å². The van der Waals surface area contributed by atoms with Gasteiger partial charge in [-0.25, -0.2) is 0 Å². The first-order valence-corrected chi connectivity index (χ1v) is 9.09. The summed E-state index contributed by atoms with van der Waals surface area (Å²) in [5.74, 6) is 2.86. The molecule has 2 heterocycles. The summed E-state index contributed by atoms with van der Waals surface area (Å²) in [5.41, 5.74) is 3.64. The van der Waals surface area contributed by atoms with Crippen molar-refractivity contribution in [1.29, 1.82) is 0 Å².